The molecule has 0 aromatic carbocycles. The predicted octanol–water partition coefficient (Wildman–Crippen LogP) is 1.64. The van der Waals surface area contributed by atoms with Crippen LogP contribution in [0.5, 0.6) is 0 Å². The molecular formula is C10H14N2. The summed E-state index contributed by atoms with van der Waals surface area (Å²) in [6, 6.07) is 0. The third-order valence-corrected chi connectivity index (χ3v) is 2.17. The highest BCUT2D eigenvalue weighted by atomic mass is 14.9. The van der Waals surface area contributed by atoms with Crippen molar-refractivity contribution in [1.82, 2.24) is 10.6 Å². The van der Waals surface area contributed by atoms with Crippen molar-refractivity contribution >= 4 is 0 Å². The first-order chi connectivity index (χ1) is 5.97. The van der Waals surface area contributed by atoms with E-state index in [-0.39, 0.29) is 0 Å². The summed E-state index contributed by atoms with van der Waals surface area (Å²) in [6.45, 7) is 1.07. The molecule has 2 N–H and O–H groups in total. The Balaban J connectivity index is 2.17. The molecule has 2 nitrogen and oxygen atoms in total. The minimum atomic E-state index is 1.07. The largest absolute Gasteiger partial charge is 0.383 e. The Morgan fingerprint density at radius 1 is 1.17 bits per heavy atom. The molecule has 0 atom stereocenters. The van der Waals surface area contributed by atoms with Crippen LogP contribution in [0.25, 0.3) is 0 Å². The second-order valence-corrected chi connectivity index (χ2v) is 3.10. The molecule has 2 heteroatoms. The summed E-state index contributed by atoms with van der Waals surface area (Å²) in [7, 11) is 0. The van der Waals surface area contributed by atoms with Gasteiger partial charge in [0, 0.05) is 12.2 Å². The standard InChI is InChI=1S/C10H14N2/c1-3-7-11-9(5-1)10-6-2-4-8-12-10/h1,4-5,8,11-12H,2-3,6-7H2/b10-9-. The third kappa shape index (κ3) is 1.52. The van der Waals surface area contributed by atoms with Gasteiger partial charge >= 0.3 is 0 Å². The molecule has 0 radical (unpaired) electrons. The molecule has 0 aromatic rings. The summed E-state index contributed by atoms with van der Waals surface area (Å²) in [4.78, 5) is 0. The van der Waals surface area contributed by atoms with Gasteiger partial charge in [-0.25, -0.2) is 0 Å². The molecule has 64 valence electrons. The van der Waals surface area contributed by atoms with E-state index in [2.05, 4.69) is 28.9 Å². The summed E-state index contributed by atoms with van der Waals surface area (Å²) >= 11 is 0. The van der Waals surface area contributed by atoms with Crippen LogP contribution >= 0.6 is 0 Å². The van der Waals surface area contributed by atoms with Gasteiger partial charge in [0.2, 0.25) is 0 Å². The van der Waals surface area contributed by atoms with Gasteiger partial charge in [-0.3, -0.25) is 0 Å². The predicted molar refractivity (Wildman–Crippen MR) is 50.3 cm³/mol. The molecule has 0 unspecified atom stereocenters. The number of hydrogen-bond acceptors (Lipinski definition) is 2. The van der Waals surface area contributed by atoms with Crippen molar-refractivity contribution in [2.24, 2.45) is 0 Å². The van der Waals surface area contributed by atoms with E-state index < -0.39 is 0 Å². The minimum Gasteiger partial charge on any atom is -0.383 e. The summed E-state index contributed by atoms with van der Waals surface area (Å²) in [5.41, 5.74) is 2.60. The first-order valence-corrected chi connectivity index (χ1v) is 4.52. The lowest BCUT2D eigenvalue weighted by Crippen LogP contribution is -2.23. The number of allylic oxidation sites excluding steroid dienone is 3. The Morgan fingerprint density at radius 2 is 2.17 bits per heavy atom. The molecule has 2 aliphatic rings. The third-order valence-electron chi connectivity index (χ3n) is 2.17. The van der Waals surface area contributed by atoms with Crippen molar-refractivity contribution in [1.29, 1.82) is 0 Å². The highest BCUT2D eigenvalue weighted by molar-refractivity contribution is 5.27. The fourth-order valence-corrected chi connectivity index (χ4v) is 1.51. The maximum absolute atomic E-state index is 3.39. The lowest BCUT2D eigenvalue weighted by atomic mass is 10.1. The molecule has 2 rings (SSSR count). The van der Waals surface area contributed by atoms with Gasteiger partial charge in [-0.1, -0.05) is 12.2 Å². The van der Waals surface area contributed by atoms with E-state index in [4.69, 9.17) is 0 Å². The van der Waals surface area contributed by atoms with Gasteiger partial charge in [0.05, 0.1) is 5.70 Å². The van der Waals surface area contributed by atoms with Crippen LogP contribution in [0.4, 0.5) is 0 Å². The molecule has 0 saturated carbocycles. The van der Waals surface area contributed by atoms with Crippen LogP contribution in [-0.4, -0.2) is 6.54 Å². The zero-order chi connectivity index (χ0) is 8.23. The molecule has 12 heavy (non-hydrogen) atoms. The van der Waals surface area contributed by atoms with E-state index in [0.717, 1.165) is 25.8 Å². The van der Waals surface area contributed by atoms with Crippen LogP contribution in [0.15, 0.2) is 35.8 Å². The second-order valence-electron chi connectivity index (χ2n) is 3.10. The fourth-order valence-electron chi connectivity index (χ4n) is 1.51. The van der Waals surface area contributed by atoms with E-state index >= 15 is 0 Å². The molecule has 2 aliphatic heterocycles. The molecule has 0 aromatic heterocycles. The lowest BCUT2D eigenvalue weighted by molar-refractivity contribution is 0.738. The summed E-state index contributed by atoms with van der Waals surface area (Å²) in [6.07, 6.45) is 12.0. The van der Waals surface area contributed by atoms with Crippen molar-refractivity contribution < 1.29 is 0 Å². The average molecular weight is 162 g/mol. The normalized spacial score (nSPS) is 28.0. The molecule has 0 bridgehead atoms. The minimum absolute atomic E-state index is 1.07. The Bertz CT molecular complexity index is 249. The Hall–Kier alpha value is -1.18. The number of nitrogens with one attached hydrogen (secondary N) is 2. The molecule has 0 saturated heterocycles. The van der Waals surface area contributed by atoms with E-state index in [1.807, 2.05) is 6.20 Å². The van der Waals surface area contributed by atoms with Gasteiger partial charge in [0.15, 0.2) is 0 Å². The van der Waals surface area contributed by atoms with Crippen LogP contribution < -0.4 is 10.6 Å². The van der Waals surface area contributed by atoms with Crippen LogP contribution in [-0.2, 0) is 0 Å². The van der Waals surface area contributed by atoms with Crippen molar-refractivity contribution in [3.8, 4) is 0 Å². The average Bonchev–Trinajstić information content (AvgIpc) is 2.21. The second kappa shape index (κ2) is 3.48. The van der Waals surface area contributed by atoms with E-state index in [0.29, 0.717) is 0 Å². The Labute approximate surface area is 73.0 Å². The van der Waals surface area contributed by atoms with Gasteiger partial charge in [-0.15, -0.1) is 0 Å². The number of hydrogen-bond donors (Lipinski definition) is 2. The van der Waals surface area contributed by atoms with Gasteiger partial charge in [0.1, 0.15) is 0 Å². The Kier molecular flexibility index (Phi) is 2.16. The summed E-state index contributed by atoms with van der Waals surface area (Å²) in [5.74, 6) is 0. The maximum Gasteiger partial charge on any atom is 0.0533 e. The Morgan fingerprint density at radius 3 is 2.83 bits per heavy atom. The maximum atomic E-state index is 3.39. The van der Waals surface area contributed by atoms with E-state index in [9.17, 15) is 0 Å². The van der Waals surface area contributed by atoms with Gasteiger partial charge in [0.25, 0.3) is 0 Å². The zero-order valence-corrected chi connectivity index (χ0v) is 7.14. The van der Waals surface area contributed by atoms with Crippen LogP contribution in [0.3, 0.4) is 0 Å². The van der Waals surface area contributed by atoms with Gasteiger partial charge < -0.3 is 10.6 Å². The highest BCUT2D eigenvalue weighted by Crippen LogP contribution is 2.13. The summed E-state index contributed by atoms with van der Waals surface area (Å²) < 4.78 is 0. The zero-order valence-electron chi connectivity index (χ0n) is 7.14. The van der Waals surface area contributed by atoms with E-state index in [1.165, 1.54) is 11.4 Å². The van der Waals surface area contributed by atoms with Crippen LogP contribution in [0.2, 0.25) is 0 Å². The van der Waals surface area contributed by atoms with Crippen molar-refractivity contribution in [2.75, 3.05) is 6.54 Å². The fraction of sp³-hybridized carbons (Fsp3) is 0.400. The smallest absolute Gasteiger partial charge is 0.0533 e. The van der Waals surface area contributed by atoms with Crippen LogP contribution in [0, 0.1) is 0 Å². The molecule has 0 amide bonds. The highest BCUT2D eigenvalue weighted by Gasteiger charge is 2.06. The quantitative estimate of drug-likeness (QED) is 0.566. The van der Waals surface area contributed by atoms with Crippen molar-refractivity contribution in [2.45, 2.75) is 19.3 Å². The van der Waals surface area contributed by atoms with Gasteiger partial charge in [-0.05, 0) is 31.5 Å². The molecule has 2 heterocycles. The molecular weight excluding hydrogens is 148 g/mol. The summed E-state index contributed by atoms with van der Waals surface area (Å²) in [5, 5.41) is 6.66. The van der Waals surface area contributed by atoms with E-state index in [1.54, 1.807) is 0 Å². The molecule has 0 aliphatic carbocycles. The van der Waals surface area contributed by atoms with Gasteiger partial charge in [-0.2, -0.15) is 0 Å². The molecule has 0 fully saturated rings. The first-order valence-electron chi connectivity index (χ1n) is 4.52. The lowest BCUT2D eigenvalue weighted by Gasteiger charge is -2.18. The topological polar surface area (TPSA) is 24.1 Å². The first kappa shape index (κ1) is 7.47. The van der Waals surface area contributed by atoms with Crippen molar-refractivity contribution in [3.05, 3.63) is 35.8 Å². The molecule has 0 spiro atoms. The monoisotopic (exact) mass is 162 g/mol. The SMILES string of the molecule is C1=C/C(=C2\CCC=CN2)NCC1. The van der Waals surface area contributed by atoms with Crippen molar-refractivity contribution in [3.63, 3.8) is 0 Å². The van der Waals surface area contributed by atoms with Crippen LogP contribution in [0.1, 0.15) is 19.3 Å². The number of rotatable bonds is 0.